The first kappa shape index (κ1) is 19.9. The summed E-state index contributed by atoms with van der Waals surface area (Å²) in [5, 5.41) is 6.50. The van der Waals surface area contributed by atoms with Crippen molar-refractivity contribution in [2.75, 3.05) is 7.11 Å². The van der Waals surface area contributed by atoms with E-state index in [0.717, 1.165) is 16.6 Å². The van der Waals surface area contributed by atoms with Gasteiger partial charge in [0.05, 0.1) is 30.8 Å². The third-order valence-corrected chi connectivity index (χ3v) is 5.58. The first-order valence-corrected chi connectivity index (χ1v) is 10.3. The molecule has 2 heterocycles. The van der Waals surface area contributed by atoms with Gasteiger partial charge in [-0.15, -0.1) is 0 Å². The van der Waals surface area contributed by atoms with Gasteiger partial charge in [-0.3, -0.25) is 9.78 Å². The molecule has 0 saturated carbocycles. The molecule has 0 amide bonds. The number of ether oxygens (including phenoxy) is 1. The summed E-state index contributed by atoms with van der Waals surface area (Å²) < 4.78 is 21.3. The van der Waals surface area contributed by atoms with Crippen LogP contribution in [0.15, 0.2) is 83.8 Å². The number of para-hydroxylation sites is 1. The van der Waals surface area contributed by atoms with E-state index < -0.39 is 5.82 Å². The van der Waals surface area contributed by atoms with Gasteiger partial charge >= 0.3 is 0 Å². The minimum absolute atomic E-state index is 0.263. The maximum atomic E-state index is 14.7. The maximum Gasteiger partial charge on any atom is 0.275 e. The SMILES string of the molecule is COc1ccc(F)c(-c2cccc3cnn(CCc4ccc5ccccc5n4)c(=O)c23)c1. The molecule has 158 valence electrons. The third-order valence-electron chi connectivity index (χ3n) is 5.58. The molecule has 0 aliphatic rings. The topological polar surface area (TPSA) is 57.0 Å². The molecule has 0 spiro atoms. The van der Waals surface area contributed by atoms with Gasteiger partial charge in [-0.1, -0.05) is 42.5 Å². The van der Waals surface area contributed by atoms with Gasteiger partial charge in [-0.05, 0) is 35.9 Å². The van der Waals surface area contributed by atoms with Crippen LogP contribution in [0.4, 0.5) is 4.39 Å². The Morgan fingerprint density at radius 1 is 0.938 bits per heavy atom. The van der Waals surface area contributed by atoms with Crippen LogP contribution in [0.1, 0.15) is 5.69 Å². The van der Waals surface area contributed by atoms with Gasteiger partial charge in [-0.25, -0.2) is 9.07 Å². The summed E-state index contributed by atoms with van der Waals surface area (Å²) in [5.74, 6) is 0.108. The van der Waals surface area contributed by atoms with Crippen LogP contribution in [0.2, 0.25) is 0 Å². The van der Waals surface area contributed by atoms with E-state index in [1.807, 2.05) is 36.4 Å². The molecule has 0 aliphatic carbocycles. The van der Waals surface area contributed by atoms with Crippen molar-refractivity contribution >= 4 is 21.7 Å². The van der Waals surface area contributed by atoms with Crippen molar-refractivity contribution < 1.29 is 9.13 Å². The van der Waals surface area contributed by atoms with Gasteiger partial charge in [-0.2, -0.15) is 5.10 Å². The molecule has 32 heavy (non-hydrogen) atoms. The fourth-order valence-corrected chi connectivity index (χ4v) is 3.92. The van der Waals surface area contributed by atoms with Gasteiger partial charge in [0.25, 0.3) is 5.56 Å². The van der Waals surface area contributed by atoms with E-state index in [0.29, 0.717) is 40.6 Å². The third kappa shape index (κ3) is 3.60. The van der Waals surface area contributed by atoms with E-state index in [1.165, 1.54) is 17.9 Å². The van der Waals surface area contributed by atoms with Crippen LogP contribution in [0.25, 0.3) is 32.8 Å². The highest BCUT2D eigenvalue weighted by Crippen LogP contribution is 2.31. The number of rotatable bonds is 5. The number of nitrogens with zero attached hydrogens (tertiary/aromatic N) is 3. The monoisotopic (exact) mass is 425 g/mol. The highest BCUT2D eigenvalue weighted by molar-refractivity contribution is 5.95. The lowest BCUT2D eigenvalue weighted by atomic mass is 9.99. The zero-order valence-electron chi connectivity index (χ0n) is 17.5. The first-order valence-electron chi connectivity index (χ1n) is 10.3. The van der Waals surface area contributed by atoms with E-state index in [-0.39, 0.29) is 5.56 Å². The molecule has 2 aromatic heterocycles. The van der Waals surface area contributed by atoms with E-state index in [2.05, 4.69) is 10.1 Å². The summed E-state index contributed by atoms with van der Waals surface area (Å²) >= 11 is 0. The predicted octanol–water partition coefficient (Wildman–Crippen LogP) is 5.00. The standard InChI is InChI=1S/C26H20FN3O2/c1-32-20-11-12-23(27)22(15-20)21-7-4-6-18-16-28-30(26(31)25(18)21)14-13-19-10-9-17-5-2-3-8-24(17)29-19/h2-12,15-16H,13-14H2,1H3. The fourth-order valence-electron chi connectivity index (χ4n) is 3.92. The van der Waals surface area contributed by atoms with Crippen molar-refractivity contribution in [2.45, 2.75) is 13.0 Å². The lowest BCUT2D eigenvalue weighted by Gasteiger charge is -2.11. The van der Waals surface area contributed by atoms with Gasteiger partial charge in [0.2, 0.25) is 0 Å². The predicted molar refractivity (Wildman–Crippen MR) is 123 cm³/mol. The Bertz CT molecular complexity index is 1510. The Labute approximate surface area is 183 Å². The number of aryl methyl sites for hydroxylation is 2. The van der Waals surface area contributed by atoms with E-state index in [1.54, 1.807) is 36.5 Å². The lowest BCUT2D eigenvalue weighted by Crippen LogP contribution is -2.24. The first-order chi connectivity index (χ1) is 15.6. The number of methoxy groups -OCH3 is 1. The maximum absolute atomic E-state index is 14.7. The highest BCUT2D eigenvalue weighted by atomic mass is 19.1. The second-order valence-corrected chi connectivity index (χ2v) is 7.53. The van der Waals surface area contributed by atoms with Crippen LogP contribution >= 0.6 is 0 Å². The van der Waals surface area contributed by atoms with E-state index >= 15 is 0 Å². The van der Waals surface area contributed by atoms with Crippen LogP contribution in [0, 0.1) is 5.82 Å². The van der Waals surface area contributed by atoms with Crippen molar-refractivity contribution in [3.8, 4) is 16.9 Å². The molecule has 0 fully saturated rings. The van der Waals surface area contributed by atoms with Crippen LogP contribution in [-0.4, -0.2) is 21.9 Å². The molecule has 0 N–H and O–H groups in total. The zero-order valence-corrected chi connectivity index (χ0v) is 17.5. The number of pyridine rings is 1. The number of benzene rings is 3. The van der Waals surface area contributed by atoms with Crippen LogP contribution in [-0.2, 0) is 13.0 Å². The van der Waals surface area contributed by atoms with Crippen molar-refractivity contribution in [3.63, 3.8) is 0 Å². The molecule has 5 aromatic rings. The minimum Gasteiger partial charge on any atom is -0.497 e. The zero-order chi connectivity index (χ0) is 22.1. The Balaban J connectivity index is 1.54. The van der Waals surface area contributed by atoms with Crippen LogP contribution < -0.4 is 10.3 Å². The number of fused-ring (bicyclic) bond motifs is 2. The quantitative estimate of drug-likeness (QED) is 0.398. The molecule has 6 heteroatoms. The molecule has 3 aromatic carbocycles. The van der Waals surface area contributed by atoms with E-state index in [4.69, 9.17) is 4.74 Å². The average molecular weight is 425 g/mol. The Morgan fingerprint density at radius 3 is 2.66 bits per heavy atom. The van der Waals surface area contributed by atoms with Crippen molar-refractivity contribution in [1.82, 2.24) is 14.8 Å². The van der Waals surface area contributed by atoms with Gasteiger partial charge in [0, 0.05) is 28.5 Å². The molecule has 0 radical (unpaired) electrons. The molecular weight excluding hydrogens is 405 g/mol. The Kier molecular flexibility index (Phi) is 5.11. The lowest BCUT2D eigenvalue weighted by molar-refractivity contribution is 0.414. The molecule has 5 rings (SSSR count). The summed E-state index contributed by atoms with van der Waals surface area (Å²) in [6, 6.07) is 21.8. The van der Waals surface area contributed by atoms with Crippen LogP contribution in [0.3, 0.4) is 0 Å². The Morgan fingerprint density at radius 2 is 1.78 bits per heavy atom. The largest absolute Gasteiger partial charge is 0.497 e. The number of halogens is 1. The minimum atomic E-state index is -0.415. The van der Waals surface area contributed by atoms with Crippen molar-refractivity contribution in [2.24, 2.45) is 0 Å². The summed E-state index contributed by atoms with van der Waals surface area (Å²) in [4.78, 5) is 18.0. The number of aromatic nitrogens is 3. The Hall–Kier alpha value is -4.06. The van der Waals surface area contributed by atoms with E-state index in [9.17, 15) is 9.18 Å². The van der Waals surface area contributed by atoms with Gasteiger partial charge < -0.3 is 4.74 Å². The van der Waals surface area contributed by atoms with Crippen molar-refractivity contribution in [1.29, 1.82) is 0 Å². The molecule has 0 unspecified atom stereocenters. The second-order valence-electron chi connectivity index (χ2n) is 7.53. The summed E-state index contributed by atoms with van der Waals surface area (Å²) in [6.07, 6.45) is 2.20. The van der Waals surface area contributed by atoms with Gasteiger partial charge in [0.15, 0.2) is 0 Å². The molecule has 0 atom stereocenters. The molecule has 0 bridgehead atoms. The molecule has 5 nitrogen and oxygen atoms in total. The number of hydrogen-bond acceptors (Lipinski definition) is 4. The molecule has 0 aliphatic heterocycles. The number of hydrogen-bond donors (Lipinski definition) is 0. The smallest absolute Gasteiger partial charge is 0.275 e. The molecular formula is C26H20FN3O2. The average Bonchev–Trinajstić information content (AvgIpc) is 2.83. The second kappa shape index (κ2) is 8.23. The van der Waals surface area contributed by atoms with Crippen LogP contribution in [0.5, 0.6) is 5.75 Å². The highest BCUT2D eigenvalue weighted by Gasteiger charge is 2.14. The van der Waals surface area contributed by atoms with Crippen molar-refractivity contribution in [3.05, 3.63) is 101 Å². The molecule has 0 saturated heterocycles. The normalized spacial score (nSPS) is 11.2. The summed E-state index contributed by atoms with van der Waals surface area (Å²) in [5.41, 5.74) is 2.37. The summed E-state index contributed by atoms with van der Waals surface area (Å²) in [6.45, 7) is 0.370. The fraction of sp³-hybridized carbons (Fsp3) is 0.115. The van der Waals surface area contributed by atoms with Gasteiger partial charge in [0.1, 0.15) is 11.6 Å². The summed E-state index contributed by atoms with van der Waals surface area (Å²) in [7, 11) is 1.53.